The third kappa shape index (κ3) is 3.88. The van der Waals surface area contributed by atoms with Crippen molar-refractivity contribution in [1.29, 1.82) is 0 Å². The van der Waals surface area contributed by atoms with Crippen LogP contribution in [0.15, 0.2) is 48.7 Å². The van der Waals surface area contributed by atoms with Crippen LogP contribution < -0.4 is 10.5 Å². The molecule has 0 amide bonds. The van der Waals surface area contributed by atoms with Crippen LogP contribution in [0, 0.1) is 5.82 Å². The van der Waals surface area contributed by atoms with Crippen LogP contribution in [0.1, 0.15) is 25.3 Å². The predicted octanol–water partition coefficient (Wildman–Crippen LogP) is 5.43. The number of rotatable bonds is 4. The van der Waals surface area contributed by atoms with Crippen LogP contribution in [-0.2, 0) is 0 Å². The highest BCUT2D eigenvalue weighted by molar-refractivity contribution is 6.28. The fraction of sp³-hybridized carbons (Fsp3) is 0.158. The molecule has 0 saturated heterocycles. The maximum atomic E-state index is 14.1. The van der Waals surface area contributed by atoms with Crippen molar-refractivity contribution in [2.45, 2.75) is 19.8 Å². The zero-order valence-electron chi connectivity index (χ0n) is 13.8. The second kappa shape index (κ2) is 7.07. The maximum absolute atomic E-state index is 14.1. The summed E-state index contributed by atoms with van der Waals surface area (Å²) in [5.41, 5.74) is 8.29. The molecule has 0 bridgehead atoms. The van der Waals surface area contributed by atoms with Crippen LogP contribution in [-0.4, -0.2) is 9.97 Å². The summed E-state index contributed by atoms with van der Waals surface area (Å²) in [5, 5.41) is 0.134. The SMILES string of the molecule is CC(C)c1ccc(-c2ccnc(Cl)n2)c(Oc2ccc(N)cc2F)c1. The van der Waals surface area contributed by atoms with Crippen molar-refractivity contribution in [3.8, 4) is 22.8 Å². The monoisotopic (exact) mass is 357 g/mol. The van der Waals surface area contributed by atoms with E-state index in [2.05, 4.69) is 23.8 Å². The Morgan fingerprint density at radius 3 is 2.56 bits per heavy atom. The molecule has 25 heavy (non-hydrogen) atoms. The quantitative estimate of drug-likeness (QED) is 0.499. The van der Waals surface area contributed by atoms with Crippen LogP contribution in [0.3, 0.4) is 0 Å². The van der Waals surface area contributed by atoms with Gasteiger partial charge < -0.3 is 10.5 Å². The fourth-order valence-electron chi connectivity index (χ4n) is 2.40. The lowest BCUT2D eigenvalue weighted by Crippen LogP contribution is -1.97. The highest BCUT2D eigenvalue weighted by Crippen LogP contribution is 2.36. The molecule has 0 aliphatic heterocycles. The molecule has 0 fully saturated rings. The summed E-state index contributed by atoms with van der Waals surface area (Å²) >= 11 is 5.89. The first kappa shape index (κ1) is 17.2. The zero-order valence-corrected chi connectivity index (χ0v) is 14.6. The Hall–Kier alpha value is -2.66. The first-order chi connectivity index (χ1) is 11.9. The van der Waals surface area contributed by atoms with Gasteiger partial charge in [-0.15, -0.1) is 0 Å². The van der Waals surface area contributed by atoms with Gasteiger partial charge >= 0.3 is 0 Å². The summed E-state index contributed by atoms with van der Waals surface area (Å²) in [6.07, 6.45) is 1.56. The molecule has 1 heterocycles. The van der Waals surface area contributed by atoms with E-state index in [1.54, 1.807) is 18.3 Å². The van der Waals surface area contributed by atoms with Crippen LogP contribution in [0.25, 0.3) is 11.3 Å². The van der Waals surface area contributed by atoms with Gasteiger partial charge in [-0.05, 0) is 53.4 Å². The van der Waals surface area contributed by atoms with Crippen molar-refractivity contribution in [1.82, 2.24) is 9.97 Å². The Labute approximate surface area is 150 Å². The largest absolute Gasteiger partial charge is 0.454 e. The number of hydrogen-bond donors (Lipinski definition) is 1. The number of ether oxygens (including phenoxy) is 1. The molecule has 0 saturated carbocycles. The highest BCUT2D eigenvalue weighted by atomic mass is 35.5. The third-order valence-corrected chi connectivity index (χ3v) is 3.93. The number of halogens is 2. The Balaban J connectivity index is 2.09. The Morgan fingerprint density at radius 2 is 1.88 bits per heavy atom. The summed E-state index contributed by atoms with van der Waals surface area (Å²) in [6.45, 7) is 4.15. The minimum Gasteiger partial charge on any atom is -0.454 e. The molecule has 2 N–H and O–H groups in total. The molecular formula is C19H17ClFN3O. The van der Waals surface area contributed by atoms with Crippen molar-refractivity contribution in [3.63, 3.8) is 0 Å². The number of hydrogen-bond acceptors (Lipinski definition) is 4. The van der Waals surface area contributed by atoms with E-state index in [4.69, 9.17) is 22.1 Å². The minimum absolute atomic E-state index is 0.0940. The number of anilines is 1. The predicted molar refractivity (Wildman–Crippen MR) is 97.5 cm³/mol. The second-order valence-electron chi connectivity index (χ2n) is 5.91. The lowest BCUT2D eigenvalue weighted by molar-refractivity contribution is 0.443. The van der Waals surface area contributed by atoms with Crippen molar-refractivity contribution in [3.05, 3.63) is 65.3 Å². The van der Waals surface area contributed by atoms with Crippen LogP contribution in [0.2, 0.25) is 5.28 Å². The van der Waals surface area contributed by atoms with E-state index in [1.807, 2.05) is 18.2 Å². The Kier molecular flexibility index (Phi) is 4.86. The summed E-state index contributed by atoms with van der Waals surface area (Å²) in [6, 6.07) is 11.8. The molecular weight excluding hydrogens is 341 g/mol. The average molecular weight is 358 g/mol. The molecule has 128 valence electrons. The summed E-state index contributed by atoms with van der Waals surface area (Å²) in [7, 11) is 0. The summed E-state index contributed by atoms with van der Waals surface area (Å²) < 4.78 is 20.0. The smallest absolute Gasteiger partial charge is 0.222 e. The van der Waals surface area contributed by atoms with Crippen molar-refractivity contribution < 1.29 is 9.13 Å². The van der Waals surface area contributed by atoms with E-state index in [1.165, 1.54) is 12.1 Å². The van der Waals surface area contributed by atoms with Crippen LogP contribution in [0.4, 0.5) is 10.1 Å². The van der Waals surface area contributed by atoms with Gasteiger partial charge in [-0.25, -0.2) is 14.4 Å². The van der Waals surface area contributed by atoms with Gasteiger partial charge in [0.15, 0.2) is 11.6 Å². The molecule has 0 atom stereocenters. The number of aromatic nitrogens is 2. The number of nitrogen functional groups attached to an aromatic ring is 1. The van der Waals surface area contributed by atoms with Gasteiger partial charge in [0.1, 0.15) is 5.75 Å². The number of nitrogens with two attached hydrogens (primary N) is 1. The summed E-state index contributed by atoms with van der Waals surface area (Å²) in [5.74, 6) is 0.351. The molecule has 6 heteroatoms. The molecule has 1 aromatic heterocycles. The van der Waals surface area contributed by atoms with Gasteiger partial charge in [0.2, 0.25) is 5.28 Å². The molecule has 0 spiro atoms. The maximum Gasteiger partial charge on any atom is 0.222 e. The first-order valence-electron chi connectivity index (χ1n) is 7.80. The molecule has 0 aliphatic rings. The number of nitrogens with zero attached hydrogens (tertiary/aromatic N) is 2. The zero-order chi connectivity index (χ0) is 18.0. The van der Waals surface area contributed by atoms with E-state index in [0.29, 0.717) is 28.6 Å². The molecule has 0 radical (unpaired) electrons. The van der Waals surface area contributed by atoms with Gasteiger partial charge in [-0.2, -0.15) is 0 Å². The van der Waals surface area contributed by atoms with Gasteiger partial charge in [0.25, 0.3) is 0 Å². The van der Waals surface area contributed by atoms with Crippen molar-refractivity contribution in [2.75, 3.05) is 5.73 Å². The van der Waals surface area contributed by atoms with E-state index in [-0.39, 0.29) is 11.0 Å². The van der Waals surface area contributed by atoms with Crippen molar-refractivity contribution in [2.24, 2.45) is 0 Å². The Bertz CT molecular complexity index is 915. The van der Waals surface area contributed by atoms with Gasteiger partial charge in [-0.3, -0.25) is 0 Å². The average Bonchev–Trinajstić information content (AvgIpc) is 2.57. The van der Waals surface area contributed by atoms with Crippen LogP contribution >= 0.6 is 11.6 Å². The number of benzene rings is 2. The Morgan fingerprint density at radius 1 is 1.08 bits per heavy atom. The molecule has 3 rings (SSSR count). The first-order valence-corrected chi connectivity index (χ1v) is 8.17. The molecule has 0 aliphatic carbocycles. The summed E-state index contributed by atoms with van der Waals surface area (Å²) in [4.78, 5) is 8.11. The second-order valence-corrected chi connectivity index (χ2v) is 6.25. The highest BCUT2D eigenvalue weighted by Gasteiger charge is 2.14. The molecule has 3 aromatic rings. The lowest BCUT2D eigenvalue weighted by atomic mass is 9.99. The van der Waals surface area contributed by atoms with Gasteiger partial charge in [-0.1, -0.05) is 19.9 Å². The van der Waals surface area contributed by atoms with E-state index in [9.17, 15) is 4.39 Å². The van der Waals surface area contributed by atoms with E-state index in [0.717, 1.165) is 5.56 Å². The normalized spacial score (nSPS) is 10.9. The molecule has 4 nitrogen and oxygen atoms in total. The van der Waals surface area contributed by atoms with Gasteiger partial charge in [0.05, 0.1) is 5.69 Å². The molecule has 2 aromatic carbocycles. The standard InChI is InChI=1S/C19H17ClFN3O/c1-11(2)12-3-5-14(16-7-8-23-19(20)24-16)18(9-12)25-17-6-4-13(22)10-15(17)21/h3-11H,22H2,1-2H3. The van der Waals surface area contributed by atoms with Gasteiger partial charge in [0, 0.05) is 23.5 Å². The fourth-order valence-corrected chi connectivity index (χ4v) is 2.54. The molecule has 0 unspecified atom stereocenters. The third-order valence-electron chi connectivity index (χ3n) is 3.75. The topological polar surface area (TPSA) is 61.0 Å². The van der Waals surface area contributed by atoms with Crippen LogP contribution in [0.5, 0.6) is 11.5 Å². The minimum atomic E-state index is -0.526. The lowest BCUT2D eigenvalue weighted by Gasteiger charge is -2.15. The van der Waals surface area contributed by atoms with Crippen molar-refractivity contribution >= 4 is 17.3 Å². The van der Waals surface area contributed by atoms with E-state index >= 15 is 0 Å². The van der Waals surface area contributed by atoms with E-state index < -0.39 is 5.82 Å².